The van der Waals surface area contributed by atoms with E-state index in [-0.39, 0.29) is 5.78 Å². The second kappa shape index (κ2) is 3.47. The summed E-state index contributed by atoms with van der Waals surface area (Å²) in [7, 11) is 0. The number of hydrogen-bond donors (Lipinski definition) is 1. The van der Waals surface area contributed by atoms with Crippen molar-refractivity contribution in [2.45, 2.75) is 13.0 Å². The van der Waals surface area contributed by atoms with E-state index in [1.807, 2.05) is 0 Å². The normalized spacial score (nSPS) is 13.0. The molecule has 78 valence electrons. The third-order valence-corrected chi connectivity index (χ3v) is 2.31. The lowest BCUT2D eigenvalue weighted by molar-refractivity contribution is 0.0969. The van der Waals surface area contributed by atoms with Crippen molar-refractivity contribution in [3.8, 4) is 0 Å². The Morgan fingerprint density at radius 2 is 2.20 bits per heavy atom. The van der Waals surface area contributed by atoms with Gasteiger partial charge in [-0.1, -0.05) is 0 Å². The van der Waals surface area contributed by atoms with E-state index in [9.17, 15) is 9.18 Å². The Balaban J connectivity index is 2.67. The number of halogens is 1. The summed E-state index contributed by atoms with van der Waals surface area (Å²) in [5, 5.41) is 0. The van der Waals surface area contributed by atoms with Crippen LogP contribution >= 0.6 is 0 Å². The van der Waals surface area contributed by atoms with E-state index in [4.69, 9.17) is 5.73 Å². The average Bonchev–Trinajstić information content (AvgIpc) is 2.61. The molecule has 0 fully saturated rings. The lowest BCUT2D eigenvalue weighted by Crippen LogP contribution is -2.26. The molecular formula is C11H11FN2O. The maximum absolute atomic E-state index is 13.5. The number of fused-ring (bicyclic) bond motifs is 1. The Morgan fingerprint density at radius 1 is 1.47 bits per heavy atom. The number of Topliss-reactive ketones (excluding diaryl/α,β-unsaturated/α-hetero) is 1. The van der Waals surface area contributed by atoms with Crippen molar-refractivity contribution in [2.24, 2.45) is 5.73 Å². The lowest BCUT2D eigenvalue weighted by Gasteiger charge is -2.03. The van der Waals surface area contributed by atoms with E-state index in [2.05, 4.69) is 0 Å². The fourth-order valence-electron chi connectivity index (χ4n) is 1.57. The Hall–Kier alpha value is -1.68. The van der Waals surface area contributed by atoms with E-state index < -0.39 is 11.9 Å². The largest absolute Gasteiger partial charge is 0.321 e. The minimum Gasteiger partial charge on any atom is -0.321 e. The maximum atomic E-state index is 13.5. The Bertz CT molecular complexity index is 516. The van der Waals surface area contributed by atoms with Crippen LogP contribution in [0, 0.1) is 5.82 Å². The van der Waals surface area contributed by atoms with E-state index in [0.29, 0.717) is 11.1 Å². The summed E-state index contributed by atoms with van der Waals surface area (Å²) in [6.07, 6.45) is 3.34. The highest BCUT2D eigenvalue weighted by molar-refractivity contribution is 6.05. The Labute approximate surface area is 86.3 Å². The third-order valence-electron chi connectivity index (χ3n) is 2.31. The van der Waals surface area contributed by atoms with Crippen LogP contribution in [-0.4, -0.2) is 16.2 Å². The molecule has 0 aromatic carbocycles. The van der Waals surface area contributed by atoms with Crippen LogP contribution in [-0.2, 0) is 0 Å². The van der Waals surface area contributed by atoms with Crippen LogP contribution in [0.1, 0.15) is 17.3 Å². The number of nitrogens with two attached hydrogens (primary N) is 1. The van der Waals surface area contributed by atoms with E-state index >= 15 is 0 Å². The first-order chi connectivity index (χ1) is 7.11. The number of rotatable bonds is 2. The predicted molar refractivity (Wildman–Crippen MR) is 55.3 cm³/mol. The van der Waals surface area contributed by atoms with Crippen molar-refractivity contribution in [3.63, 3.8) is 0 Å². The quantitative estimate of drug-likeness (QED) is 0.759. The van der Waals surface area contributed by atoms with Gasteiger partial charge in [0.25, 0.3) is 0 Å². The van der Waals surface area contributed by atoms with Gasteiger partial charge in [-0.25, -0.2) is 4.39 Å². The minimum absolute atomic E-state index is 0.248. The van der Waals surface area contributed by atoms with Gasteiger partial charge in [0.1, 0.15) is 5.82 Å². The number of aromatic nitrogens is 1. The van der Waals surface area contributed by atoms with Gasteiger partial charge < -0.3 is 10.1 Å². The second-order valence-electron chi connectivity index (χ2n) is 3.49. The second-order valence-corrected chi connectivity index (χ2v) is 3.49. The molecule has 1 unspecified atom stereocenters. The first kappa shape index (κ1) is 9.86. The first-order valence-electron chi connectivity index (χ1n) is 4.66. The Morgan fingerprint density at radius 3 is 2.87 bits per heavy atom. The van der Waals surface area contributed by atoms with Gasteiger partial charge >= 0.3 is 0 Å². The monoisotopic (exact) mass is 206 g/mol. The highest BCUT2D eigenvalue weighted by Gasteiger charge is 2.17. The number of ketones is 1. The van der Waals surface area contributed by atoms with Crippen LogP contribution < -0.4 is 5.73 Å². The summed E-state index contributed by atoms with van der Waals surface area (Å²) >= 11 is 0. The number of carbonyl (C=O) groups is 1. The van der Waals surface area contributed by atoms with E-state index in [1.165, 1.54) is 6.07 Å². The van der Waals surface area contributed by atoms with Crippen LogP contribution in [0.3, 0.4) is 0 Å². The molecule has 2 N–H and O–H groups in total. The van der Waals surface area contributed by atoms with Crippen molar-refractivity contribution < 1.29 is 9.18 Å². The fourth-order valence-corrected chi connectivity index (χ4v) is 1.57. The van der Waals surface area contributed by atoms with Crippen molar-refractivity contribution in [1.82, 2.24) is 4.40 Å². The van der Waals surface area contributed by atoms with E-state index in [1.54, 1.807) is 35.9 Å². The zero-order valence-electron chi connectivity index (χ0n) is 8.27. The standard InChI is InChI=1S/C11H11FN2O/c1-7(13)11(15)8-4-6-14-5-2-3-9(12)10(8)14/h2-7H,13H2,1H3. The summed E-state index contributed by atoms with van der Waals surface area (Å²) in [5.74, 6) is -0.658. The highest BCUT2D eigenvalue weighted by Crippen LogP contribution is 2.17. The SMILES string of the molecule is CC(N)C(=O)c1ccn2cccc(F)c12. The van der Waals surface area contributed by atoms with Crippen LogP contribution in [0.2, 0.25) is 0 Å². The number of hydrogen-bond acceptors (Lipinski definition) is 2. The molecule has 2 rings (SSSR count). The molecule has 4 heteroatoms. The fraction of sp³-hybridized carbons (Fsp3) is 0.182. The molecule has 2 aromatic heterocycles. The van der Waals surface area contributed by atoms with Gasteiger partial charge in [-0.2, -0.15) is 0 Å². The molecule has 0 saturated heterocycles. The summed E-state index contributed by atoms with van der Waals surface area (Å²) in [5.41, 5.74) is 6.11. The molecule has 0 aliphatic carbocycles. The maximum Gasteiger partial charge on any atom is 0.181 e. The highest BCUT2D eigenvalue weighted by atomic mass is 19.1. The molecule has 0 spiro atoms. The molecule has 3 nitrogen and oxygen atoms in total. The molecule has 1 atom stereocenters. The van der Waals surface area contributed by atoms with Gasteiger partial charge in [0.15, 0.2) is 5.78 Å². The Kier molecular flexibility index (Phi) is 2.28. The van der Waals surface area contributed by atoms with Gasteiger partial charge in [-0.05, 0) is 25.1 Å². The van der Waals surface area contributed by atoms with Crippen molar-refractivity contribution in [3.05, 3.63) is 42.0 Å². The average molecular weight is 206 g/mol. The zero-order valence-corrected chi connectivity index (χ0v) is 8.27. The summed E-state index contributed by atoms with van der Waals surface area (Å²) in [6.45, 7) is 1.59. The van der Waals surface area contributed by atoms with Gasteiger partial charge in [0.05, 0.1) is 11.6 Å². The molecule has 0 aliphatic rings. The summed E-state index contributed by atoms with van der Waals surface area (Å²) < 4.78 is 15.1. The summed E-state index contributed by atoms with van der Waals surface area (Å²) in [4.78, 5) is 11.7. The molecule has 0 radical (unpaired) electrons. The zero-order chi connectivity index (χ0) is 11.0. The van der Waals surface area contributed by atoms with Crippen LogP contribution in [0.15, 0.2) is 30.6 Å². The number of carbonyl (C=O) groups excluding carboxylic acids is 1. The van der Waals surface area contributed by atoms with Gasteiger partial charge in [0, 0.05) is 18.0 Å². The van der Waals surface area contributed by atoms with Crippen molar-refractivity contribution >= 4 is 11.3 Å². The minimum atomic E-state index is -0.615. The molecule has 0 amide bonds. The third kappa shape index (κ3) is 1.53. The summed E-state index contributed by atoms with van der Waals surface area (Å²) in [6, 6.07) is 3.88. The van der Waals surface area contributed by atoms with Gasteiger partial charge in [-0.3, -0.25) is 4.79 Å². The first-order valence-corrected chi connectivity index (χ1v) is 4.66. The van der Waals surface area contributed by atoms with Crippen molar-refractivity contribution in [2.75, 3.05) is 0 Å². The molecule has 2 aromatic rings. The molecule has 15 heavy (non-hydrogen) atoms. The van der Waals surface area contributed by atoms with Gasteiger partial charge in [0.2, 0.25) is 0 Å². The smallest absolute Gasteiger partial charge is 0.181 e. The predicted octanol–water partition coefficient (Wildman–Crippen LogP) is 1.61. The van der Waals surface area contributed by atoms with E-state index in [0.717, 1.165) is 0 Å². The van der Waals surface area contributed by atoms with Gasteiger partial charge in [-0.15, -0.1) is 0 Å². The van der Waals surface area contributed by atoms with Crippen LogP contribution in [0.4, 0.5) is 4.39 Å². The molecule has 0 bridgehead atoms. The molecule has 0 aliphatic heterocycles. The topological polar surface area (TPSA) is 47.5 Å². The van der Waals surface area contributed by atoms with Crippen molar-refractivity contribution in [1.29, 1.82) is 0 Å². The van der Waals surface area contributed by atoms with Crippen LogP contribution in [0.5, 0.6) is 0 Å². The number of pyridine rings is 1. The molecular weight excluding hydrogens is 195 g/mol. The molecule has 2 heterocycles. The number of nitrogens with zero attached hydrogens (tertiary/aromatic N) is 1. The molecule has 0 saturated carbocycles. The van der Waals surface area contributed by atoms with Crippen LogP contribution in [0.25, 0.3) is 5.52 Å². The lowest BCUT2D eigenvalue weighted by atomic mass is 10.1.